The molecule has 0 fully saturated rings. The van der Waals surface area contributed by atoms with Crippen molar-refractivity contribution in [3.05, 3.63) is 0 Å². The molecule has 5 heteroatoms. The third-order valence-electron chi connectivity index (χ3n) is 1.07. The number of ketones is 1. The van der Waals surface area contributed by atoms with Crippen LogP contribution in [-0.2, 0) is 14.3 Å². The summed E-state index contributed by atoms with van der Waals surface area (Å²) in [6.07, 6.45) is -0.597. The van der Waals surface area contributed by atoms with Crippen LogP contribution in [0.1, 0.15) is 41.5 Å². The summed E-state index contributed by atoms with van der Waals surface area (Å²) in [5, 5.41) is 16.0. The number of carbonyl (C=O) groups is 1. The molecule has 0 rings (SSSR count). The number of aliphatic hydroxyl groups excluding tert-OH is 2. The van der Waals surface area contributed by atoms with Gasteiger partial charge in [-0.3, -0.25) is 0 Å². The van der Waals surface area contributed by atoms with Crippen molar-refractivity contribution in [2.24, 2.45) is 0 Å². The number of hydrogen-bond acceptors (Lipinski definition) is 5. The Morgan fingerprint density at radius 1 is 1.12 bits per heavy atom. The summed E-state index contributed by atoms with van der Waals surface area (Å²) in [5.74, 6) is 0.167. The first-order chi connectivity index (χ1) is 7.81. The number of Topliss-reactive ketones (excluding diaryl/α,β-unsaturated/α-hetero) is 1. The Kier molecular flexibility index (Phi) is 22.9. The van der Waals surface area contributed by atoms with Gasteiger partial charge in [-0.25, -0.2) is 0 Å². The van der Waals surface area contributed by atoms with E-state index in [1.165, 1.54) is 20.8 Å². The Bertz CT molecular complexity index is 138. The fourth-order valence-corrected chi connectivity index (χ4v) is 0.518. The molecule has 0 aromatic rings. The van der Waals surface area contributed by atoms with Crippen LogP contribution in [0.3, 0.4) is 0 Å². The van der Waals surface area contributed by atoms with Crippen LogP contribution in [0.2, 0.25) is 0 Å². The zero-order valence-corrected chi connectivity index (χ0v) is 11.9. The molecule has 2 N–H and O–H groups in total. The van der Waals surface area contributed by atoms with E-state index >= 15 is 0 Å². The molecule has 0 radical (unpaired) electrons. The van der Waals surface area contributed by atoms with Gasteiger partial charge in [-0.05, 0) is 41.5 Å². The minimum Gasteiger partial charge on any atom is -0.394 e. The van der Waals surface area contributed by atoms with Crippen molar-refractivity contribution < 1.29 is 24.5 Å². The molecule has 1 atom stereocenters. The minimum absolute atomic E-state index is 0.0370. The molecule has 0 bridgehead atoms. The van der Waals surface area contributed by atoms with E-state index in [1.54, 1.807) is 0 Å². The van der Waals surface area contributed by atoms with Gasteiger partial charge in [0.15, 0.2) is 6.29 Å². The number of carbonyl (C=O) groups excluding carboxylic acids is 1. The van der Waals surface area contributed by atoms with E-state index in [-0.39, 0.29) is 18.7 Å². The van der Waals surface area contributed by atoms with E-state index in [0.29, 0.717) is 0 Å². The van der Waals surface area contributed by atoms with Crippen molar-refractivity contribution in [1.29, 1.82) is 0 Å². The quantitative estimate of drug-likeness (QED) is 0.723. The average Bonchev–Trinajstić information content (AvgIpc) is 2.18. The van der Waals surface area contributed by atoms with E-state index in [2.05, 4.69) is 0 Å². The summed E-state index contributed by atoms with van der Waals surface area (Å²) in [5.41, 5.74) is 0. The molecule has 5 nitrogen and oxygen atoms in total. The zero-order valence-electron chi connectivity index (χ0n) is 11.9. The molecule has 0 saturated carbocycles. The van der Waals surface area contributed by atoms with Gasteiger partial charge in [0, 0.05) is 13.2 Å². The summed E-state index contributed by atoms with van der Waals surface area (Å²) < 4.78 is 10.1. The summed E-state index contributed by atoms with van der Waals surface area (Å²) >= 11 is 0. The van der Waals surface area contributed by atoms with Gasteiger partial charge in [0.05, 0.1) is 12.7 Å². The highest BCUT2D eigenvalue weighted by atomic mass is 16.7. The molecule has 106 valence electrons. The molecule has 0 aliphatic carbocycles. The maximum Gasteiger partial charge on any atom is 0.154 e. The van der Waals surface area contributed by atoms with Crippen molar-refractivity contribution in [1.82, 2.24) is 0 Å². The van der Waals surface area contributed by atoms with Crippen molar-refractivity contribution in [3.8, 4) is 0 Å². The molecule has 0 aliphatic rings. The predicted molar refractivity (Wildman–Crippen MR) is 67.8 cm³/mol. The van der Waals surface area contributed by atoms with Crippen molar-refractivity contribution >= 4 is 5.78 Å². The number of rotatable bonds is 5. The van der Waals surface area contributed by atoms with Gasteiger partial charge in [0.25, 0.3) is 0 Å². The van der Waals surface area contributed by atoms with Crippen LogP contribution < -0.4 is 0 Å². The van der Waals surface area contributed by atoms with Crippen molar-refractivity contribution in [3.63, 3.8) is 0 Å². The SMILES string of the molecule is CC(C)=O.CC(O)CO.CCOC(C)OCC. The Balaban J connectivity index is -0.000000188. The second-order valence-corrected chi connectivity index (χ2v) is 3.42. The normalized spacial score (nSPS) is 10.9. The monoisotopic (exact) mass is 252 g/mol. The molecular weight excluding hydrogens is 224 g/mol. The van der Waals surface area contributed by atoms with Crippen LogP contribution in [0.5, 0.6) is 0 Å². The van der Waals surface area contributed by atoms with Crippen LogP contribution in [0.25, 0.3) is 0 Å². The van der Waals surface area contributed by atoms with Gasteiger partial charge in [0.1, 0.15) is 5.78 Å². The standard InChI is InChI=1S/C6H14O2.C3H8O2.C3H6O/c1-4-7-6(3)8-5-2;1-3(5)2-4;1-3(2)4/h6H,4-5H2,1-3H3;3-5H,2H2,1H3;1-2H3. The first-order valence-electron chi connectivity index (χ1n) is 5.80. The van der Waals surface area contributed by atoms with Crippen LogP contribution >= 0.6 is 0 Å². The highest BCUT2D eigenvalue weighted by Gasteiger charge is 1.94. The second kappa shape index (κ2) is 17.9. The largest absolute Gasteiger partial charge is 0.394 e. The molecule has 0 saturated heterocycles. The van der Waals surface area contributed by atoms with E-state index in [4.69, 9.17) is 19.7 Å². The Morgan fingerprint density at radius 2 is 1.35 bits per heavy atom. The van der Waals surface area contributed by atoms with E-state index < -0.39 is 6.10 Å². The topological polar surface area (TPSA) is 76.0 Å². The van der Waals surface area contributed by atoms with E-state index in [9.17, 15) is 4.79 Å². The lowest BCUT2D eigenvalue weighted by molar-refractivity contribution is -0.123. The number of hydrogen-bond donors (Lipinski definition) is 2. The van der Waals surface area contributed by atoms with Gasteiger partial charge in [0.2, 0.25) is 0 Å². The zero-order chi connectivity index (χ0) is 14.3. The fourth-order valence-electron chi connectivity index (χ4n) is 0.518. The van der Waals surface area contributed by atoms with Crippen LogP contribution in [0, 0.1) is 0 Å². The van der Waals surface area contributed by atoms with E-state index in [0.717, 1.165) is 13.2 Å². The lowest BCUT2D eigenvalue weighted by Crippen LogP contribution is -2.11. The van der Waals surface area contributed by atoms with Crippen molar-refractivity contribution in [2.75, 3.05) is 19.8 Å². The third kappa shape index (κ3) is 50.2. The van der Waals surface area contributed by atoms with Gasteiger partial charge in [-0.15, -0.1) is 0 Å². The lowest BCUT2D eigenvalue weighted by atomic mass is 10.5. The third-order valence-corrected chi connectivity index (χ3v) is 1.07. The lowest BCUT2D eigenvalue weighted by Gasteiger charge is -2.09. The summed E-state index contributed by atoms with van der Waals surface area (Å²) in [7, 11) is 0. The molecular formula is C12H28O5. The maximum absolute atomic E-state index is 9.44. The molecule has 17 heavy (non-hydrogen) atoms. The van der Waals surface area contributed by atoms with Gasteiger partial charge < -0.3 is 24.5 Å². The van der Waals surface area contributed by atoms with Crippen LogP contribution in [-0.4, -0.2) is 48.2 Å². The summed E-state index contributed by atoms with van der Waals surface area (Å²) in [6, 6.07) is 0. The number of aliphatic hydroxyl groups is 2. The molecule has 1 unspecified atom stereocenters. The van der Waals surface area contributed by atoms with E-state index in [1.807, 2.05) is 20.8 Å². The molecule has 0 aromatic carbocycles. The van der Waals surface area contributed by atoms with Crippen LogP contribution in [0.4, 0.5) is 0 Å². The average molecular weight is 252 g/mol. The minimum atomic E-state index is -0.560. The molecule has 0 amide bonds. The van der Waals surface area contributed by atoms with Gasteiger partial charge in [-0.2, -0.15) is 0 Å². The smallest absolute Gasteiger partial charge is 0.154 e. The number of ether oxygens (including phenoxy) is 2. The summed E-state index contributed by atoms with van der Waals surface area (Å²) in [4.78, 5) is 9.44. The Labute approximate surface area is 105 Å². The highest BCUT2D eigenvalue weighted by Crippen LogP contribution is 1.90. The van der Waals surface area contributed by atoms with Crippen LogP contribution in [0.15, 0.2) is 0 Å². The second-order valence-electron chi connectivity index (χ2n) is 3.42. The predicted octanol–water partition coefficient (Wildman–Crippen LogP) is 1.36. The van der Waals surface area contributed by atoms with Gasteiger partial charge >= 0.3 is 0 Å². The first-order valence-corrected chi connectivity index (χ1v) is 5.80. The van der Waals surface area contributed by atoms with Gasteiger partial charge in [-0.1, -0.05) is 0 Å². The molecule has 0 heterocycles. The Hall–Kier alpha value is -0.490. The van der Waals surface area contributed by atoms with Crippen molar-refractivity contribution in [2.45, 2.75) is 53.9 Å². The molecule has 0 spiro atoms. The molecule has 0 aromatic heterocycles. The summed E-state index contributed by atoms with van der Waals surface area (Å²) in [6.45, 7) is 11.7. The maximum atomic E-state index is 9.44. The highest BCUT2D eigenvalue weighted by molar-refractivity contribution is 5.72. The first kappa shape index (κ1) is 21.8. The Morgan fingerprint density at radius 3 is 1.47 bits per heavy atom. The molecule has 0 aliphatic heterocycles. The fraction of sp³-hybridized carbons (Fsp3) is 0.917.